The number of fused-ring (bicyclic) bond motifs is 1. The van der Waals surface area contributed by atoms with Gasteiger partial charge in [-0.3, -0.25) is 0 Å². The van der Waals surface area contributed by atoms with Crippen LogP contribution in [0.25, 0.3) is 6.08 Å². The molecule has 1 aliphatic rings. The summed E-state index contributed by atoms with van der Waals surface area (Å²) in [6.07, 6.45) is 1.41. The lowest BCUT2D eigenvalue weighted by Gasteiger charge is -2.21. The number of hydrogen-bond donors (Lipinski definition) is 0. The maximum atomic E-state index is 11.4. The highest BCUT2D eigenvalue weighted by molar-refractivity contribution is 5.98. The molecule has 2 rings (SSSR count). The number of nitriles is 1. The Morgan fingerprint density at radius 1 is 1.35 bits per heavy atom. The minimum Gasteiger partial charge on any atom is -0.493 e. The molecule has 0 N–H and O–H groups in total. The zero-order valence-electron chi connectivity index (χ0n) is 11.1. The quantitative estimate of drug-likeness (QED) is 0.473. The van der Waals surface area contributed by atoms with E-state index in [1.54, 1.807) is 18.2 Å². The molecule has 104 valence electrons. The Morgan fingerprint density at radius 3 is 2.75 bits per heavy atom. The van der Waals surface area contributed by atoms with Crippen LogP contribution in [0.15, 0.2) is 17.7 Å². The highest BCUT2D eigenvalue weighted by atomic mass is 16.6. The summed E-state index contributed by atoms with van der Waals surface area (Å²) in [6, 6.07) is 5.13. The number of methoxy groups -OCH3 is 2. The van der Waals surface area contributed by atoms with Crippen molar-refractivity contribution in [3.05, 3.63) is 23.3 Å². The number of ether oxygens (including phenoxy) is 4. The van der Waals surface area contributed by atoms with Crippen LogP contribution in [0.4, 0.5) is 0 Å². The summed E-state index contributed by atoms with van der Waals surface area (Å²) in [5.74, 6) is 0.827. The van der Waals surface area contributed by atoms with Crippen molar-refractivity contribution < 1.29 is 23.7 Å². The lowest BCUT2D eigenvalue weighted by Crippen LogP contribution is -2.16. The topological polar surface area (TPSA) is 77.8 Å². The van der Waals surface area contributed by atoms with Crippen LogP contribution in [0.1, 0.15) is 5.56 Å². The van der Waals surface area contributed by atoms with Gasteiger partial charge in [-0.25, -0.2) is 4.79 Å². The van der Waals surface area contributed by atoms with Crippen molar-refractivity contribution in [2.75, 3.05) is 27.4 Å². The highest BCUT2D eigenvalue weighted by Gasteiger charge is 2.18. The van der Waals surface area contributed by atoms with Crippen molar-refractivity contribution in [1.82, 2.24) is 0 Å². The molecule has 0 aromatic heterocycles. The van der Waals surface area contributed by atoms with Gasteiger partial charge in [0.15, 0.2) is 11.5 Å². The van der Waals surface area contributed by atoms with E-state index in [1.807, 2.05) is 0 Å². The number of hydrogen-bond acceptors (Lipinski definition) is 6. The first-order valence-corrected chi connectivity index (χ1v) is 5.87. The second-order valence-electron chi connectivity index (χ2n) is 3.91. The molecule has 0 spiro atoms. The van der Waals surface area contributed by atoms with Crippen LogP contribution in [-0.2, 0) is 9.53 Å². The molecule has 1 aromatic rings. The van der Waals surface area contributed by atoms with E-state index in [9.17, 15) is 4.79 Å². The van der Waals surface area contributed by atoms with E-state index in [4.69, 9.17) is 19.5 Å². The first kappa shape index (κ1) is 13.7. The number of nitrogens with zero attached hydrogens (tertiary/aromatic N) is 1. The lowest BCUT2D eigenvalue weighted by atomic mass is 10.1. The molecule has 0 unspecified atom stereocenters. The van der Waals surface area contributed by atoms with Gasteiger partial charge in [0.2, 0.25) is 5.75 Å². The van der Waals surface area contributed by atoms with Crippen LogP contribution >= 0.6 is 0 Å². The normalized spacial score (nSPS) is 13.3. The molecule has 1 aromatic carbocycles. The standard InChI is InChI=1S/C14H13NO5/c1-17-11-6-9(5-10(8-15)14(16)18-2)7-12-13(11)20-4-3-19-12/h5-7H,3-4H2,1-2H3/b10-5+. The van der Waals surface area contributed by atoms with Crippen LogP contribution in [-0.4, -0.2) is 33.4 Å². The molecule has 20 heavy (non-hydrogen) atoms. The molecule has 0 saturated carbocycles. The number of carbonyl (C=O) groups excluding carboxylic acids is 1. The van der Waals surface area contributed by atoms with Crippen molar-refractivity contribution in [2.45, 2.75) is 0 Å². The molecule has 0 atom stereocenters. The monoisotopic (exact) mass is 275 g/mol. The van der Waals surface area contributed by atoms with E-state index >= 15 is 0 Å². The maximum Gasteiger partial charge on any atom is 0.348 e. The van der Waals surface area contributed by atoms with E-state index in [0.29, 0.717) is 36.0 Å². The molecule has 0 radical (unpaired) electrons. The minimum absolute atomic E-state index is 0.105. The summed E-state index contributed by atoms with van der Waals surface area (Å²) < 4.78 is 20.7. The zero-order valence-corrected chi connectivity index (χ0v) is 11.1. The summed E-state index contributed by atoms with van der Waals surface area (Å²) in [5, 5.41) is 8.95. The number of carbonyl (C=O) groups is 1. The third-order valence-corrected chi connectivity index (χ3v) is 2.69. The first-order valence-electron chi connectivity index (χ1n) is 5.87. The van der Waals surface area contributed by atoms with Gasteiger partial charge in [0, 0.05) is 0 Å². The maximum absolute atomic E-state index is 11.4. The Hall–Kier alpha value is -2.68. The Morgan fingerprint density at radius 2 is 2.10 bits per heavy atom. The third kappa shape index (κ3) is 2.67. The largest absolute Gasteiger partial charge is 0.493 e. The fourth-order valence-electron chi connectivity index (χ4n) is 1.79. The number of rotatable bonds is 3. The van der Waals surface area contributed by atoms with Gasteiger partial charge >= 0.3 is 5.97 Å². The minimum atomic E-state index is -0.693. The summed E-state index contributed by atoms with van der Waals surface area (Å²) in [6.45, 7) is 0.885. The van der Waals surface area contributed by atoms with E-state index in [-0.39, 0.29) is 5.57 Å². The highest BCUT2D eigenvalue weighted by Crippen LogP contribution is 2.40. The van der Waals surface area contributed by atoms with Crippen molar-refractivity contribution in [3.8, 4) is 23.3 Å². The smallest absolute Gasteiger partial charge is 0.348 e. The van der Waals surface area contributed by atoms with E-state index < -0.39 is 5.97 Å². The fraction of sp³-hybridized carbons (Fsp3) is 0.286. The van der Waals surface area contributed by atoms with Crippen LogP contribution in [0.3, 0.4) is 0 Å². The van der Waals surface area contributed by atoms with Crippen molar-refractivity contribution in [2.24, 2.45) is 0 Å². The van der Waals surface area contributed by atoms with Crippen LogP contribution in [0.5, 0.6) is 17.2 Å². The lowest BCUT2D eigenvalue weighted by molar-refractivity contribution is -0.135. The van der Waals surface area contributed by atoms with E-state index in [1.165, 1.54) is 20.3 Å². The van der Waals surface area contributed by atoms with Crippen LogP contribution in [0, 0.1) is 11.3 Å². The Balaban J connectivity index is 2.45. The molecular weight excluding hydrogens is 262 g/mol. The van der Waals surface area contributed by atoms with Gasteiger partial charge in [0.1, 0.15) is 24.9 Å². The predicted octanol–water partition coefficient (Wildman–Crippen LogP) is 1.55. The summed E-state index contributed by atoms with van der Waals surface area (Å²) >= 11 is 0. The second-order valence-corrected chi connectivity index (χ2v) is 3.91. The molecule has 6 nitrogen and oxygen atoms in total. The molecular formula is C14H13NO5. The van der Waals surface area contributed by atoms with Gasteiger partial charge in [-0.2, -0.15) is 5.26 Å². The van der Waals surface area contributed by atoms with Crippen molar-refractivity contribution in [3.63, 3.8) is 0 Å². The molecule has 0 saturated heterocycles. The van der Waals surface area contributed by atoms with Gasteiger partial charge < -0.3 is 18.9 Å². The van der Waals surface area contributed by atoms with E-state index in [0.717, 1.165) is 0 Å². The predicted molar refractivity (Wildman–Crippen MR) is 69.6 cm³/mol. The van der Waals surface area contributed by atoms with Gasteiger partial charge in [-0.1, -0.05) is 0 Å². The first-order chi connectivity index (χ1) is 9.69. The zero-order chi connectivity index (χ0) is 14.5. The molecule has 1 heterocycles. The van der Waals surface area contributed by atoms with Gasteiger partial charge in [-0.05, 0) is 23.8 Å². The Kier molecular flexibility index (Phi) is 4.11. The van der Waals surface area contributed by atoms with Crippen LogP contribution < -0.4 is 14.2 Å². The van der Waals surface area contributed by atoms with Crippen molar-refractivity contribution >= 4 is 12.0 Å². The second kappa shape index (κ2) is 5.97. The summed E-state index contributed by atoms with van der Waals surface area (Å²) in [7, 11) is 2.73. The number of esters is 1. The summed E-state index contributed by atoms with van der Waals surface area (Å²) in [4.78, 5) is 11.4. The molecule has 0 bridgehead atoms. The molecule has 0 amide bonds. The average molecular weight is 275 g/mol. The summed E-state index contributed by atoms with van der Waals surface area (Å²) in [5.41, 5.74) is 0.485. The van der Waals surface area contributed by atoms with Crippen LogP contribution in [0.2, 0.25) is 0 Å². The van der Waals surface area contributed by atoms with Gasteiger partial charge in [0.05, 0.1) is 14.2 Å². The molecule has 1 aliphatic heterocycles. The fourth-order valence-corrected chi connectivity index (χ4v) is 1.79. The molecule has 6 heteroatoms. The molecule has 0 fully saturated rings. The molecule has 0 aliphatic carbocycles. The average Bonchev–Trinajstić information content (AvgIpc) is 2.50. The van der Waals surface area contributed by atoms with E-state index in [2.05, 4.69) is 4.74 Å². The third-order valence-electron chi connectivity index (χ3n) is 2.69. The number of benzene rings is 1. The van der Waals surface area contributed by atoms with Crippen molar-refractivity contribution in [1.29, 1.82) is 5.26 Å². The van der Waals surface area contributed by atoms with Gasteiger partial charge in [-0.15, -0.1) is 0 Å². The Labute approximate surface area is 116 Å². The Bertz CT molecular complexity index is 583. The van der Waals surface area contributed by atoms with Gasteiger partial charge in [0.25, 0.3) is 0 Å². The SMILES string of the molecule is COC(=O)/C(C#N)=C/c1cc(OC)c2c(c1)OCCO2.